The Morgan fingerprint density at radius 1 is 0.829 bits per heavy atom. The maximum atomic E-state index is 13.6. The van der Waals surface area contributed by atoms with Crippen LogP contribution in [-0.2, 0) is 14.8 Å². The number of nitrogens with one attached hydrogen (secondary N) is 1. The fraction of sp³-hybridized carbons (Fsp3) is 0.0741. The van der Waals surface area contributed by atoms with Gasteiger partial charge in [-0.05, 0) is 48.5 Å². The summed E-state index contributed by atoms with van der Waals surface area (Å²) in [5.74, 6) is -0.128. The van der Waals surface area contributed by atoms with E-state index in [1.165, 1.54) is 31.0 Å². The molecular weight excluding hydrogens is 480 g/mol. The molecule has 1 amide bonds. The summed E-state index contributed by atoms with van der Waals surface area (Å²) < 4.78 is 33.6. The Kier molecular flexibility index (Phi) is 7.74. The van der Waals surface area contributed by atoms with E-state index in [9.17, 15) is 13.2 Å². The molecule has 0 aliphatic carbocycles. The molecule has 0 atom stereocenters. The Balaban J connectivity index is 1.64. The minimum absolute atomic E-state index is 0.0822. The fourth-order valence-electron chi connectivity index (χ4n) is 3.45. The molecule has 4 aromatic rings. The number of amides is 1. The van der Waals surface area contributed by atoms with Crippen molar-refractivity contribution in [3.8, 4) is 5.75 Å². The Hall–Kier alpha value is -3.75. The van der Waals surface area contributed by atoms with Crippen LogP contribution in [0.2, 0.25) is 0 Å². The number of hydrogen-bond acceptors (Lipinski definition) is 5. The van der Waals surface area contributed by atoms with E-state index in [1.807, 2.05) is 48.5 Å². The number of para-hydroxylation sites is 3. The van der Waals surface area contributed by atoms with Gasteiger partial charge in [-0.2, -0.15) is 0 Å². The second kappa shape index (κ2) is 11.1. The summed E-state index contributed by atoms with van der Waals surface area (Å²) in [5.41, 5.74) is 0.879. The van der Waals surface area contributed by atoms with Gasteiger partial charge in [0.15, 0.2) is 0 Å². The van der Waals surface area contributed by atoms with E-state index in [0.29, 0.717) is 11.4 Å². The third-order valence-corrected chi connectivity index (χ3v) is 7.96. The van der Waals surface area contributed by atoms with Gasteiger partial charge in [0.1, 0.15) is 12.3 Å². The molecule has 1 N–H and O–H groups in total. The number of anilines is 2. The molecule has 178 valence electrons. The van der Waals surface area contributed by atoms with Crippen molar-refractivity contribution in [3.05, 3.63) is 109 Å². The van der Waals surface area contributed by atoms with Crippen LogP contribution in [0.3, 0.4) is 0 Å². The molecule has 6 nitrogen and oxygen atoms in total. The topological polar surface area (TPSA) is 75.7 Å². The number of ether oxygens (including phenoxy) is 1. The van der Waals surface area contributed by atoms with Crippen molar-refractivity contribution in [1.82, 2.24) is 0 Å². The molecule has 4 aromatic carbocycles. The van der Waals surface area contributed by atoms with Crippen molar-refractivity contribution in [2.45, 2.75) is 14.7 Å². The highest BCUT2D eigenvalue weighted by atomic mass is 32.2. The predicted octanol–water partition coefficient (Wildman–Crippen LogP) is 5.68. The second-order valence-corrected chi connectivity index (χ2v) is 10.4. The molecule has 0 radical (unpaired) electrons. The summed E-state index contributed by atoms with van der Waals surface area (Å²) in [6.07, 6.45) is 0. The SMILES string of the molecule is COc1ccccc1N(CC(=O)Nc1ccccc1Sc1ccccc1)S(=O)(=O)c1ccccc1. The lowest BCUT2D eigenvalue weighted by Gasteiger charge is -2.25. The summed E-state index contributed by atoms with van der Waals surface area (Å²) in [5, 5.41) is 2.89. The van der Waals surface area contributed by atoms with Crippen LogP contribution >= 0.6 is 11.8 Å². The van der Waals surface area contributed by atoms with Crippen LogP contribution in [0, 0.1) is 0 Å². The highest BCUT2D eigenvalue weighted by Crippen LogP contribution is 2.34. The van der Waals surface area contributed by atoms with Gasteiger partial charge in [0.2, 0.25) is 5.91 Å². The number of benzene rings is 4. The van der Waals surface area contributed by atoms with E-state index in [0.717, 1.165) is 14.1 Å². The first-order valence-corrected chi connectivity index (χ1v) is 13.1. The number of nitrogens with zero attached hydrogens (tertiary/aromatic N) is 1. The summed E-state index contributed by atoms with van der Waals surface area (Å²) in [6.45, 7) is -0.429. The molecule has 0 aliphatic rings. The van der Waals surface area contributed by atoms with Gasteiger partial charge in [0.05, 0.1) is 23.4 Å². The number of carbonyl (C=O) groups excluding carboxylic acids is 1. The van der Waals surface area contributed by atoms with E-state index >= 15 is 0 Å². The number of sulfonamides is 1. The van der Waals surface area contributed by atoms with Crippen LogP contribution in [0.5, 0.6) is 5.75 Å². The highest BCUT2D eigenvalue weighted by molar-refractivity contribution is 7.99. The molecule has 0 saturated heterocycles. The van der Waals surface area contributed by atoms with Gasteiger partial charge in [0, 0.05) is 9.79 Å². The van der Waals surface area contributed by atoms with Crippen molar-refractivity contribution < 1.29 is 17.9 Å². The van der Waals surface area contributed by atoms with Crippen LogP contribution in [-0.4, -0.2) is 28.0 Å². The van der Waals surface area contributed by atoms with Crippen molar-refractivity contribution in [1.29, 1.82) is 0 Å². The Bertz CT molecular complexity index is 1400. The van der Waals surface area contributed by atoms with Crippen molar-refractivity contribution in [2.24, 2.45) is 0 Å². The first-order chi connectivity index (χ1) is 17.0. The van der Waals surface area contributed by atoms with Gasteiger partial charge < -0.3 is 10.1 Å². The van der Waals surface area contributed by atoms with Crippen molar-refractivity contribution in [3.63, 3.8) is 0 Å². The molecule has 0 aromatic heterocycles. The van der Waals surface area contributed by atoms with Gasteiger partial charge in [0.25, 0.3) is 10.0 Å². The molecule has 0 aliphatic heterocycles. The van der Waals surface area contributed by atoms with E-state index in [-0.39, 0.29) is 10.6 Å². The standard InChI is InChI=1S/C27H24N2O4S2/c1-33-25-18-10-9-17-24(25)29(35(31,32)22-14-6-3-7-15-22)20-27(30)28-23-16-8-11-19-26(23)34-21-12-4-2-5-13-21/h2-19H,20H2,1H3,(H,28,30). The van der Waals surface area contributed by atoms with Gasteiger partial charge in [-0.3, -0.25) is 9.10 Å². The molecule has 0 unspecified atom stereocenters. The zero-order chi connectivity index (χ0) is 24.7. The van der Waals surface area contributed by atoms with Crippen LogP contribution in [0.4, 0.5) is 11.4 Å². The van der Waals surface area contributed by atoms with Crippen LogP contribution < -0.4 is 14.4 Å². The van der Waals surface area contributed by atoms with Gasteiger partial charge in [-0.25, -0.2) is 8.42 Å². The summed E-state index contributed by atoms with van der Waals surface area (Å²) in [7, 11) is -2.58. The predicted molar refractivity (Wildman–Crippen MR) is 140 cm³/mol. The summed E-state index contributed by atoms with van der Waals surface area (Å²) in [6, 6.07) is 32.0. The zero-order valence-corrected chi connectivity index (χ0v) is 20.6. The summed E-state index contributed by atoms with van der Waals surface area (Å²) in [4.78, 5) is 15.2. The van der Waals surface area contributed by atoms with Crippen LogP contribution in [0.15, 0.2) is 124 Å². The van der Waals surface area contributed by atoms with E-state index < -0.39 is 22.5 Å². The molecule has 35 heavy (non-hydrogen) atoms. The third-order valence-electron chi connectivity index (χ3n) is 5.10. The molecule has 0 saturated carbocycles. The molecule has 8 heteroatoms. The van der Waals surface area contributed by atoms with Crippen molar-refractivity contribution >= 4 is 39.1 Å². The lowest BCUT2D eigenvalue weighted by molar-refractivity contribution is -0.114. The lowest BCUT2D eigenvalue weighted by atomic mass is 10.3. The smallest absolute Gasteiger partial charge is 0.264 e. The minimum Gasteiger partial charge on any atom is -0.495 e. The average molecular weight is 505 g/mol. The number of rotatable bonds is 9. The molecule has 0 fully saturated rings. The molecule has 4 rings (SSSR count). The van der Waals surface area contributed by atoms with E-state index in [2.05, 4.69) is 5.32 Å². The number of carbonyl (C=O) groups is 1. The van der Waals surface area contributed by atoms with E-state index in [1.54, 1.807) is 48.5 Å². The van der Waals surface area contributed by atoms with Crippen molar-refractivity contribution in [2.75, 3.05) is 23.3 Å². The zero-order valence-electron chi connectivity index (χ0n) is 19.0. The average Bonchev–Trinajstić information content (AvgIpc) is 2.89. The number of methoxy groups -OCH3 is 1. The third kappa shape index (κ3) is 5.85. The highest BCUT2D eigenvalue weighted by Gasteiger charge is 2.29. The monoisotopic (exact) mass is 504 g/mol. The van der Waals surface area contributed by atoms with E-state index in [4.69, 9.17) is 4.74 Å². The van der Waals surface area contributed by atoms with Crippen LogP contribution in [0.1, 0.15) is 0 Å². The normalized spacial score (nSPS) is 11.0. The maximum absolute atomic E-state index is 13.6. The molecule has 0 heterocycles. The Labute approximate surface area is 209 Å². The molecule has 0 bridgehead atoms. The minimum atomic E-state index is -4.05. The van der Waals surface area contributed by atoms with Gasteiger partial charge in [-0.1, -0.05) is 72.4 Å². The Morgan fingerprint density at radius 2 is 1.43 bits per heavy atom. The van der Waals surface area contributed by atoms with Gasteiger partial charge >= 0.3 is 0 Å². The van der Waals surface area contributed by atoms with Crippen LogP contribution in [0.25, 0.3) is 0 Å². The molecule has 0 spiro atoms. The first kappa shape index (κ1) is 24.4. The first-order valence-electron chi connectivity index (χ1n) is 10.8. The lowest BCUT2D eigenvalue weighted by Crippen LogP contribution is -2.38. The summed E-state index contributed by atoms with van der Waals surface area (Å²) >= 11 is 1.51. The quantitative estimate of drug-likeness (QED) is 0.317. The van der Waals surface area contributed by atoms with Gasteiger partial charge in [-0.15, -0.1) is 0 Å². The number of hydrogen-bond donors (Lipinski definition) is 1. The largest absolute Gasteiger partial charge is 0.495 e. The maximum Gasteiger partial charge on any atom is 0.264 e. The fourth-order valence-corrected chi connectivity index (χ4v) is 5.83. The second-order valence-electron chi connectivity index (χ2n) is 7.46. The Morgan fingerprint density at radius 3 is 2.14 bits per heavy atom. The molecular formula is C27H24N2O4S2.